The average molecular weight is 899 g/mol. The van der Waals surface area contributed by atoms with Gasteiger partial charge in [-0.25, -0.2) is 9.59 Å². The van der Waals surface area contributed by atoms with Crippen LogP contribution in [-0.2, 0) is 53.4 Å². The Balaban J connectivity index is 0.000000151. The van der Waals surface area contributed by atoms with Crippen molar-refractivity contribution in [2.75, 3.05) is 0 Å². The Labute approximate surface area is 406 Å². The van der Waals surface area contributed by atoms with Crippen LogP contribution in [0.25, 0.3) is 43.1 Å². The monoisotopic (exact) mass is 899 g/mol. The van der Waals surface area contributed by atoms with Crippen molar-refractivity contribution in [1.82, 2.24) is 0 Å². The molecule has 0 saturated carbocycles. The van der Waals surface area contributed by atoms with Gasteiger partial charge in [-0.05, 0) is 45.8 Å². The fourth-order valence-corrected chi connectivity index (χ4v) is 9.34. The number of esters is 2. The molecule has 0 amide bonds. The summed E-state index contributed by atoms with van der Waals surface area (Å²) >= 11 is 0. The van der Waals surface area contributed by atoms with Crippen LogP contribution in [0.2, 0.25) is 0 Å². The smallest absolute Gasteiger partial charge is 0.340 e. The third-order valence-corrected chi connectivity index (χ3v) is 12.4. The maximum Gasteiger partial charge on any atom is 0.340 e. The van der Waals surface area contributed by atoms with Gasteiger partial charge in [0.2, 0.25) is 0 Å². The summed E-state index contributed by atoms with van der Waals surface area (Å²) in [6.45, 7) is 0. The molecule has 2 aliphatic heterocycles. The predicted octanol–water partition coefficient (Wildman–Crippen LogP) is 7.68. The van der Waals surface area contributed by atoms with Crippen molar-refractivity contribution in [3.05, 3.63) is 239 Å². The zero-order chi connectivity index (χ0) is 43.7. The van der Waals surface area contributed by atoms with Crippen LogP contribution in [0.1, 0.15) is 54.1 Å². The van der Waals surface area contributed by atoms with Crippen molar-refractivity contribution >= 4 is 108 Å². The number of benzene rings is 10. The summed E-state index contributed by atoms with van der Waals surface area (Å²) in [6.07, 6.45) is 0. The number of rotatable bonds is 4. The molecule has 10 aromatic rings. The third-order valence-electron chi connectivity index (χ3n) is 12.4. The Morgan fingerprint density at radius 3 is 1.20 bits per heavy atom. The Morgan fingerprint density at radius 2 is 0.723 bits per heavy atom. The van der Waals surface area contributed by atoms with Crippen molar-refractivity contribution in [2.45, 2.75) is 11.2 Å². The normalized spacial score (nSPS) is 14.2. The fraction of sp³-hybridized carbons (Fsp3) is 0.0357. The fourth-order valence-electron chi connectivity index (χ4n) is 9.34. The molecule has 2 aliphatic rings. The average Bonchev–Trinajstić information content (AvgIpc) is 3.80. The molecule has 65 heavy (non-hydrogen) atoms. The van der Waals surface area contributed by atoms with Gasteiger partial charge in [0.1, 0.15) is 31.4 Å². The van der Waals surface area contributed by atoms with Crippen LogP contribution in [0.3, 0.4) is 0 Å². The predicted molar refractivity (Wildman–Crippen MR) is 258 cm³/mol. The topological polar surface area (TPSA) is 52.6 Å². The molecule has 12 rings (SSSR count). The third kappa shape index (κ3) is 7.15. The Morgan fingerprint density at radius 1 is 0.369 bits per heavy atom. The van der Waals surface area contributed by atoms with Crippen LogP contribution in [0.4, 0.5) is 0 Å². The van der Waals surface area contributed by atoms with E-state index in [4.69, 9.17) is 40.9 Å². The van der Waals surface area contributed by atoms with E-state index in [1.165, 1.54) is 0 Å². The second kappa shape index (κ2) is 16.5. The zero-order valence-corrected chi connectivity index (χ0v) is 37.7. The van der Waals surface area contributed by atoms with Gasteiger partial charge >= 0.3 is 11.9 Å². The van der Waals surface area contributed by atoms with Crippen LogP contribution in [0.15, 0.2) is 182 Å². The van der Waals surface area contributed by atoms with E-state index < -0.39 is 11.2 Å². The van der Waals surface area contributed by atoms with Gasteiger partial charge in [0.15, 0.2) is 11.2 Å². The first kappa shape index (κ1) is 42.5. The summed E-state index contributed by atoms with van der Waals surface area (Å²) < 4.78 is 12.4. The van der Waals surface area contributed by atoms with Crippen LogP contribution >= 0.6 is 0 Å². The number of cyclic esters (lactones) is 2. The van der Waals surface area contributed by atoms with E-state index in [2.05, 4.69) is 24.3 Å². The summed E-state index contributed by atoms with van der Waals surface area (Å²) in [7, 11) is 23.8. The van der Waals surface area contributed by atoms with Crippen LogP contribution in [0.5, 0.6) is 0 Å². The molecular weight excluding hydrogens is 869 g/mol. The molecule has 9 heteroatoms. The zero-order valence-electron chi connectivity index (χ0n) is 34.8. The van der Waals surface area contributed by atoms with Crippen molar-refractivity contribution in [2.24, 2.45) is 0 Å². The summed E-state index contributed by atoms with van der Waals surface area (Å²) in [4.78, 5) is 26.0. The molecule has 0 atom stereocenters. The molecule has 0 saturated heterocycles. The molecule has 0 N–H and O–H groups in total. The van der Waals surface area contributed by atoms with Crippen LogP contribution in [-0.4, -0.2) is 43.3 Å². The second-order valence-electron chi connectivity index (χ2n) is 16.3. The summed E-state index contributed by atoms with van der Waals surface area (Å²) in [6, 6.07) is 65.2. The van der Waals surface area contributed by atoms with Crippen molar-refractivity contribution in [3.8, 4) is 0 Å². The molecular formula is C56H30B4O4Y-2. The molecule has 0 spiro atoms. The Bertz CT molecular complexity index is 3180. The molecule has 0 aliphatic carbocycles. The number of hydrogen-bond donors (Lipinski definition) is 0. The van der Waals surface area contributed by atoms with Gasteiger partial charge in [-0.15, -0.1) is 105 Å². The molecule has 2 heterocycles. The number of ether oxygens (including phenoxy) is 2. The van der Waals surface area contributed by atoms with Gasteiger partial charge in [0.25, 0.3) is 0 Å². The molecule has 4 nitrogen and oxygen atoms in total. The molecule has 0 fully saturated rings. The molecule has 0 unspecified atom stereocenters. The van der Waals surface area contributed by atoms with E-state index in [1.54, 1.807) is 6.07 Å². The molecule has 295 valence electrons. The minimum Gasteiger partial charge on any atom is -0.444 e. The molecule has 0 aromatic heterocycles. The van der Waals surface area contributed by atoms with Gasteiger partial charge in [-0.2, -0.15) is 0 Å². The van der Waals surface area contributed by atoms with E-state index in [0.29, 0.717) is 33.0 Å². The number of hydrogen-bond acceptors (Lipinski definition) is 4. The first-order valence-corrected chi connectivity index (χ1v) is 20.8. The quantitative estimate of drug-likeness (QED) is 0.103. The maximum absolute atomic E-state index is 13.0. The van der Waals surface area contributed by atoms with E-state index in [0.717, 1.165) is 76.5 Å². The van der Waals surface area contributed by atoms with Crippen LogP contribution in [0, 0.1) is 12.1 Å². The van der Waals surface area contributed by atoms with Gasteiger partial charge in [-0.3, -0.25) is 0 Å². The summed E-state index contributed by atoms with van der Waals surface area (Å²) in [5, 5.41) is 7.87. The van der Waals surface area contributed by atoms with Crippen molar-refractivity contribution in [1.29, 1.82) is 0 Å². The van der Waals surface area contributed by atoms with E-state index in [9.17, 15) is 9.59 Å². The first-order valence-electron chi connectivity index (χ1n) is 20.8. The number of carbonyl (C=O) groups excluding carboxylic acids is 2. The van der Waals surface area contributed by atoms with Crippen LogP contribution < -0.4 is 21.9 Å². The van der Waals surface area contributed by atoms with E-state index >= 15 is 0 Å². The largest absolute Gasteiger partial charge is 0.444 e. The van der Waals surface area contributed by atoms with Crippen molar-refractivity contribution in [3.63, 3.8) is 0 Å². The molecule has 0 bridgehead atoms. The minimum atomic E-state index is -1.15. The Kier molecular flexibility index (Phi) is 10.8. The van der Waals surface area contributed by atoms with E-state index in [-0.39, 0.29) is 44.6 Å². The number of fused-ring (bicyclic) bond motifs is 6. The second-order valence-corrected chi connectivity index (χ2v) is 16.3. The molecule has 10 aromatic carbocycles. The number of carbonyl (C=O) groups is 2. The molecule has 9 radical (unpaired) electrons. The SMILES string of the molecule is [B]c1ccc2[c-]c(C3(c4[c-]c5ccc([B])cc5cc4)OC(=O)c4ccccc43)ccc2c1.[B]c1ccc2cc(C3(c4ccc5cc([B])ccc5c4)OC(=O)c4ccccc43)ccc2c1.[Y]. The first-order chi connectivity index (χ1) is 31.1. The maximum atomic E-state index is 13.0. The van der Waals surface area contributed by atoms with Gasteiger partial charge in [-0.1, -0.05) is 119 Å². The standard InChI is InChI=1S/C28H16B2O2.C28H14B2O2.Y/c2*29-23-11-7-17-13-21(9-5-19(17)15-23)28(26-4-2-1-3-25(26)27(31)32-28)22-10-6-20-16-24(30)12-8-18(20)14-22;/h1-16H;1-12,15-16H;/q;-2;. The minimum absolute atomic E-state index is 0. The summed E-state index contributed by atoms with van der Waals surface area (Å²) in [5.74, 6) is -0.687. The summed E-state index contributed by atoms with van der Waals surface area (Å²) in [5.41, 5.74) is 6.61. The van der Waals surface area contributed by atoms with E-state index in [1.807, 2.05) is 164 Å². The van der Waals surface area contributed by atoms with Gasteiger partial charge < -0.3 is 9.47 Å². The van der Waals surface area contributed by atoms with Gasteiger partial charge in [0, 0.05) is 55.0 Å². The van der Waals surface area contributed by atoms with Crippen molar-refractivity contribution < 1.29 is 51.8 Å². The Hall–Kier alpha value is -6.46. The van der Waals surface area contributed by atoms with Gasteiger partial charge in [0.05, 0.1) is 11.1 Å².